The molecule has 0 bridgehead atoms. The molecule has 0 aromatic rings. The van der Waals surface area contributed by atoms with Crippen LogP contribution in [0.2, 0.25) is 0 Å². The van der Waals surface area contributed by atoms with E-state index in [1.807, 2.05) is 0 Å². The van der Waals surface area contributed by atoms with Crippen LogP contribution in [0.3, 0.4) is 0 Å². The number of carboxylic acids is 1. The second kappa shape index (κ2) is 5.38. The van der Waals surface area contributed by atoms with Crippen LogP contribution in [0.25, 0.3) is 0 Å². The van der Waals surface area contributed by atoms with Crippen molar-refractivity contribution < 1.29 is 9.90 Å². The average Bonchev–Trinajstić information content (AvgIpc) is 2.36. The largest absolute Gasteiger partial charge is 0.480 e. The molecule has 0 saturated carbocycles. The van der Waals surface area contributed by atoms with Gasteiger partial charge in [-0.15, -0.1) is 12.4 Å². The zero-order valence-electron chi connectivity index (χ0n) is 7.32. The molecule has 12 heavy (non-hydrogen) atoms. The summed E-state index contributed by atoms with van der Waals surface area (Å²) in [5.41, 5.74) is 0. The van der Waals surface area contributed by atoms with Crippen LogP contribution in [-0.4, -0.2) is 35.1 Å². The van der Waals surface area contributed by atoms with Crippen LogP contribution in [0, 0.1) is 0 Å². The molecule has 0 aliphatic carbocycles. The summed E-state index contributed by atoms with van der Waals surface area (Å²) in [5.74, 6) is -0.657. The van der Waals surface area contributed by atoms with Gasteiger partial charge in [0.05, 0.1) is 0 Å². The third-order valence-electron chi connectivity index (χ3n) is 2.16. The third kappa shape index (κ3) is 2.64. The summed E-state index contributed by atoms with van der Waals surface area (Å²) in [6, 6.07) is -0.199. The average molecular weight is 194 g/mol. The van der Waals surface area contributed by atoms with E-state index in [-0.39, 0.29) is 18.4 Å². The van der Waals surface area contributed by atoms with Crippen LogP contribution in [0.5, 0.6) is 0 Å². The summed E-state index contributed by atoms with van der Waals surface area (Å²) in [6.45, 7) is 3.97. The van der Waals surface area contributed by atoms with Crippen molar-refractivity contribution in [3.63, 3.8) is 0 Å². The van der Waals surface area contributed by atoms with E-state index in [2.05, 4.69) is 11.8 Å². The quantitative estimate of drug-likeness (QED) is 0.736. The van der Waals surface area contributed by atoms with Crippen LogP contribution in [0.15, 0.2) is 0 Å². The van der Waals surface area contributed by atoms with Crippen LogP contribution in [0.4, 0.5) is 0 Å². The van der Waals surface area contributed by atoms with Crippen LogP contribution >= 0.6 is 12.4 Å². The Bertz CT molecular complexity index is 152. The van der Waals surface area contributed by atoms with Crippen molar-refractivity contribution in [2.75, 3.05) is 13.1 Å². The van der Waals surface area contributed by atoms with Crippen molar-refractivity contribution in [2.45, 2.75) is 32.2 Å². The monoisotopic (exact) mass is 193 g/mol. The van der Waals surface area contributed by atoms with Gasteiger partial charge in [0.15, 0.2) is 0 Å². The van der Waals surface area contributed by atoms with E-state index in [0.717, 1.165) is 32.4 Å². The summed E-state index contributed by atoms with van der Waals surface area (Å²) in [6.07, 6.45) is 2.91. The van der Waals surface area contributed by atoms with Crippen molar-refractivity contribution in [3.8, 4) is 0 Å². The lowest BCUT2D eigenvalue weighted by Gasteiger charge is -2.19. The summed E-state index contributed by atoms with van der Waals surface area (Å²) in [4.78, 5) is 12.7. The van der Waals surface area contributed by atoms with Crippen molar-refractivity contribution in [3.05, 3.63) is 0 Å². The summed E-state index contributed by atoms with van der Waals surface area (Å²) < 4.78 is 0. The van der Waals surface area contributed by atoms with E-state index in [1.165, 1.54) is 0 Å². The lowest BCUT2D eigenvalue weighted by molar-refractivity contribution is -0.142. The molecule has 1 heterocycles. The van der Waals surface area contributed by atoms with E-state index < -0.39 is 5.97 Å². The Labute approximate surface area is 79.2 Å². The Morgan fingerprint density at radius 3 is 2.83 bits per heavy atom. The second-order valence-electron chi connectivity index (χ2n) is 3.03. The molecule has 1 N–H and O–H groups in total. The molecule has 1 atom stereocenters. The van der Waals surface area contributed by atoms with Gasteiger partial charge in [0.2, 0.25) is 0 Å². The molecule has 1 rings (SSSR count). The van der Waals surface area contributed by atoms with Gasteiger partial charge >= 0.3 is 5.97 Å². The van der Waals surface area contributed by atoms with Crippen LogP contribution < -0.4 is 0 Å². The van der Waals surface area contributed by atoms with Gasteiger partial charge in [-0.1, -0.05) is 6.92 Å². The van der Waals surface area contributed by atoms with E-state index >= 15 is 0 Å². The summed E-state index contributed by atoms with van der Waals surface area (Å²) >= 11 is 0. The number of carbonyl (C=O) groups is 1. The zero-order valence-corrected chi connectivity index (χ0v) is 8.14. The number of hydrogen-bond donors (Lipinski definition) is 1. The van der Waals surface area contributed by atoms with Gasteiger partial charge in [0.1, 0.15) is 6.04 Å². The van der Waals surface area contributed by atoms with Crippen LogP contribution in [0.1, 0.15) is 26.2 Å². The molecule has 0 aromatic carbocycles. The molecule has 1 aliphatic heterocycles. The standard InChI is InChI=1S/C8H15NO2.ClH/c1-2-5-9-6-3-4-7(9)8(10)11;/h7H,2-6H2,1H3,(H,10,11);1H/t7-;/m0./s1. The highest BCUT2D eigenvalue weighted by molar-refractivity contribution is 5.85. The highest BCUT2D eigenvalue weighted by atomic mass is 35.5. The molecule has 0 unspecified atom stereocenters. The molecule has 72 valence electrons. The van der Waals surface area contributed by atoms with E-state index in [4.69, 9.17) is 5.11 Å². The number of aliphatic carboxylic acids is 1. The Morgan fingerprint density at radius 1 is 1.67 bits per heavy atom. The number of carboxylic acid groups (broad SMARTS) is 1. The van der Waals surface area contributed by atoms with Gasteiger partial charge in [-0.2, -0.15) is 0 Å². The topological polar surface area (TPSA) is 40.5 Å². The van der Waals surface area contributed by atoms with E-state index in [9.17, 15) is 4.79 Å². The maximum absolute atomic E-state index is 10.6. The van der Waals surface area contributed by atoms with Gasteiger partial charge in [0.25, 0.3) is 0 Å². The number of hydrogen-bond acceptors (Lipinski definition) is 2. The minimum atomic E-state index is -0.657. The van der Waals surface area contributed by atoms with Crippen molar-refractivity contribution >= 4 is 18.4 Å². The molecule has 3 nitrogen and oxygen atoms in total. The molecule has 1 aliphatic rings. The van der Waals surface area contributed by atoms with Gasteiger partial charge < -0.3 is 5.11 Å². The number of halogens is 1. The first-order chi connectivity index (χ1) is 5.25. The van der Waals surface area contributed by atoms with Gasteiger partial charge in [-0.05, 0) is 32.4 Å². The highest BCUT2D eigenvalue weighted by Crippen LogP contribution is 2.16. The van der Waals surface area contributed by atoms with Crippen LogP contribution in [-0.2, 0) is 4.79 Å². The molecule has 0 radical (unpaired) electrons. The predicted octanol–water partition coefficient (Wildman–Crippen LogP) is 1.37. The number of likely N-dealkylation sites (tertiary alicyclic amines) is 1. The lowest BCUT2D eigenvalue weighted by atomic mass is 10.2. The first-order valence-electron chi connectivity index (χ1n) is 4.22. The van der Waals surface area contributed by atoms with E-state index in [1.54, 1.807) is 0 Å². The molecule has 1 fully saturated rings. The molecule has 0 aromatic heterocycles. The predicted molar refractivity (Wildman–Crippen MR) is 49.8 cm³/mol. The normalized spacial score (nSPS) is 23.6. The Balaban J connectivity index is 0.00000121. The minimum Gasteiger partial charge on any atom is -0.480 e. The molecule has 1 saturated heterocycles. The van der Waals surface area contributed by atoms with Crippen molar-refractivity contribution in [1.82, 2.24) is 4.90 Å². The molecular weight excluding hydrogens is 178 g/mol. The smallest absolute Gasteiger partial charge is 0.320 e. The highest BCUT2D eigenvalue weighted by Gasteiger charge is 2.29. The molecular formula is C8H16ClNO2. The Kier molecular flexibility index (Phi) is 5.25. The fraction of sp³-hybridized carbons (Fsp3) is 0.875. The Hall–Kier alpha value is -0.280. The fourth-order valence-corrected chi connectivity index (χ4v) is 1.66. The fourth-order valence-electron chi connectivity index (χ4n) is 1.66. The Morgan fingerprint density at radius 2 is 2.33 bits per heavy atom. The maximum Gasteiger partial charge on any atom is 0.320 e. The molecule has 0 amide bonds. The molecule has 4 heteroatoms. The second-order valence-corrected chi connectivity index (χ2v) is 3.03. The van der Waals surface area contributed by atoms with Gasteiger partial charge in [0, 0.05) is 0 Å². The number of rotatable bonds is 3. The first-order valence-corrected chi connectivity index (χ1v) is 4.22. The summed E-state index contributed by atoms with van der Waals surface area (Å²) in [7, 11) is 0. The van der Waals surface area contributed by atoms with Crippen molar-refractivity contribution in [2.24, 2.45) is 0 Å². The van der Waals surface area contributed by atoms with E-state index in [0.29, 0.717) is 0 Å². The third-order valence-corrected chi connectivity index (χ3v) is 2.16. The first kappa shape index (κ1) is 11.7. The zero-order chi connectivity index (χ0) is 8.27. The SMILES string of the molecule is CCCN1CCC[C@H]1C(=O)O.Cl. The lowest BCUT2D eigenvalue weighted by Crippen LogP contribution is -2.36. The summed E-state index contributed by atoms with van der Waals surface area (Å²) in [5, 5.41) is 8.77. The maximum atomic E-state index is 10.6. The van der Waals surface area contributed by atoms with Crippen molar-refractivity contribution in [1.29, 1.82) is 0 Å². The molecule has 0 spiro atoms. The van der Waals surface area contributed by atoms with Gasteiger partial charge in [-0.25, -0.2) is 0 Å². The van der Waals surface area contributed by atoms with Gasteiger partial charge in [-0.3, -0.25) is 9.69 Å². The minimum absolute atomic E-state index is 0. The number of nitrogens with zero attached hydrogens (tertiary/aromatic N) is 1.